The molecule has 13 heteroatoms. The van der Waals surface area contributed by atoms with Crippen molar-refractivity contribution in [2.45, 2.75) is 69.2 Å². The molecular weight excluding hydrogens is 596 g/mol. The summed E-state index contributed by atoms with van der Waals surface area (Å²) in [5.74, 6) is -4.10. The zero-order valence-corrected chi connectivity index (χ0v) is 26.5. The summed E-state index contributed by atoms with van der Waals surface area (Å²) in [5.41, 5.74) is 1.09. The molecule has 0 unspecified atom stereocenters. The van der Waals surface area contributed by atoms with Gasteiger partial charge in [-0.2, -0.15) is 4.31 Å². The Kier molecular flexibility index (Phi) is 10.9. The summed E-state index contributed by atoms with van der Waals surface area (Å²) in [5, 5.41) is 10.6. The van der Waals surface area contributed by atoms with Crippen LogP contribution in [0.4, 0.5) is 13.6 Å². The topological polar surface area (TPSA) is 117 Å². The van der Waals surface area contributed by atoms with Crippen LogP contribution >= 0.6 is 0 Å². The van der Waals surface area contributed by atoms with Gasteiger partial charge in [0.2, 0.25) is 10.0 Å². The van der Waals surface area contributed by atoms with Crippen LogP contribution in [0.2, 0.25) is 0 Å². The minimum absolute atomic E-state index is 0.111. The average molecular weight is 640 g/mol. The maximum absolute atomic E-state index is 13.3. The molecule has 1 amide bonds. The van der Waals surface area contributed by atoms with E-state index in [2.05, 4.69) is 4.90 Å². The number of aliphatic hydroxyl groups is 1. The number of benzene rings is 1. The number of cyclic esters (lactones) is 1. The summed E-state index contributed by atoms with van der Waals surface area (Å²) in [6.45, 7) is 6.50. The Labute approximate surface area is 258 Å². The molecular formula is C31H43F2N3O7S. The number of sulfonamides is 1. The monoisotopic (exact) mass is 639 g/mol. The number of esters is 1. The number of aliphatic hydroxyl groups excluding tert-OH is 1. The van der Waals surface area contributed by atoms with E-state index in [0.29, 0.717) is 37.1 Å². The second kappa shape index (κ2) is 14.1. The predicted molar refractivity (Wildman–Crippen MR) is 160 cm³/mol. The number of nitrogens with zero attached hydrogens (tertiary/aromatic N) is 3. The third kappa shape index (κ3) is 8.64. The number of alkyl halides is 2. The molecule has 0 saturated carbocycles. The van der Waals surface area contributed by atoms with Crippen LogP contribution in [-0.2, 0) is 24.3 Å². The molecule has 4 rings (SSSR count). The van der Waals surface area contributed by atoms with Gasteiger partial charge < -0.3 is 24.4 Å². The SMILES string of the molecule is C/C(=C\c1cccc(S(=O)(=O)N2CC(F)(F)C2)c1)[C@H]1OC(=O)C[C@H](O)CC[C@H](C)[C@H](OC(=O)N2CCN(C)CC2)/C=C/[C@@H]1C. The first kappa shape index (κ1) is 34.0. The van der Waals surface area contributed by atoms with Crippen LogP contribution in [0.3, 0.4) is 0 Å². The van der Waals surface area contributed by atoms with E-state index in [1.54, 1.807) is 30.0 Å². The Morgan fingerprint density at radius 3 is 2.45 bits per heavy atom. The molecule has 0 bridgehead atoms. The van der Waals surface area contributed by atoms with Crippen LogP contribution in [0.5, 0.6) is 0 Å². The van der Waals surface area contributed by atoms with E-state index in [-0.39, 0.29) is 23.2 Å². The second-order valence-electron chi connectivity index (χ2n) is 12.3. The van der Waals surface area contributed by atoms with Gasteiger partial charge in [-0.25, -0.2) is 22.0 Å². The first-order chi connectivity index (χ1) is 20.6. The van der Waals surface area contributed by atoms with E-state index in [1.807, 2.05) is 27.0 Å². The molecule has 3 aliphatic rings. The first-order valence-electron chi connectivity index (χ1n) is 15.0. The van der Waals surface area contributed by atoms with Crippen molar-refractivity contribution in [1.82, 2.24) is 14.1 Å². The summed E-state index contributed by atoms with van der Waals surface area (Å²) < 4.78 is 64.9. The molecule has 0 aromatic heterocycles. The van der Waals surface area contributed by atoms with Crippen LogP contribution < -0.4 is 0 Å². The van der Waals surface area contributed by atoms with Gasteiger partial charge in [-0.3, -0.25) is 4.79 Å². The van der Waals surface area contributed by atoms with Gasteiger partial charge in [-0.1, -0.05) is 38.1 Å². The van der Waals surface area contributed by atoms with Gasteiger partial charge in [0.15, 0.2) is 0 Å². The number of ether oxygens (including phenoxy) is 2. The highest BCUT2D eigenvalue weighted by Gasteiger charge is 2.49. The lowest BCUT2D eigenvalue weighted by Gasteiger charge is -2.37. The molecule has 44 heavy (non-hydrogen) atoms. The summed E-state index contributed by atoms with van der Waals surface area (Å²) in [6, 6.07) is 5.94. The van der Waals surface area contributed by atoms with Crippen LogP contribution in [0.25, 0.3) is 6.08 Å². The van der Waals surface area contributed by atoms with Gasteiger partial charge in [0.05, 0.1) is 30.5 Å². The van der Waals surface area contributed by atoms with Crippen molar-refractivity contribution in [2.24, 2.45) is 11.8 Å². The lowest BCUT2D eigenvalue weighted by molar-refractivity contribution is -0.151. The van der Waals surface area contributed by atoms with Crippen LogP contribution in [0.15, 0.2) is 46.9 Å². The van der Waals surface area contributed by atoms with Crippen molar-refractivity contribution < 1.29 is 41.4 Å². The molecule has 1 aromatic carbocycles. The molecule has 0 radical (unpaired) electrons. The smallest absolute Gasteiger partial charge is 0.410 e. The zero-order chi connectivity index (χ0) is 32.2. The van der Waals surface area contributed by atoms with Crippen molar-refractivity contribution in [3.05, 3.63) is 47.6 Å². The number of carbonyl (C=O) groups is 2. The van der Waals surface area contributed by atoms with Crippen molar-refractivity contribution in [3.8, 4) is 0 Å². The second-order valence-corrected chi connectivity index (χ2v) is 14.2. The van der Waals surface area contributed by atoms with Gasteiger partial charge in [0.1, 0.15) is 12.2 Å². The highest BCUT2D eigenvalue weighted by molar-refractivity contribution is 7.89. The Morgan fingerprint density at radius 1 is 1.11 bits per heavy atom. The number of halogens is 2. The lowest BCUT2D eigenvalue weighted by atomic mass is 9.91. The minimum atomic E-state index is -4.09. The van der Waals surface area contributed by atoms with Gasteiger partial charge in [-0.15, -0.1) is 0 Å². The maximum atomic E-state index is 13.3. The van der Waals surface area contributed by atoms with E-state index in [4.69, 9.17) is 9.47 Å². The third-order valence-electron chi connectivity index (χ3n) is 8.41. The third-order valence-corrected chi connectivity index (χ3v) is 10.2. The highest BCUT2D eigenvalue weighted by atomic mass is 32.2. The number of amides is 1. The molecule has 5 atom stereocenters. The fourth-order valence-electron chi connectivity index (χ4n) is 5.53. The number of rotatable bonds is 5. The largest absolute Gasteiger partial charge is 0.457 e. The van der Waals surface area contributed by atoms with Crippen LogP contribution in [0, 0.1) is 11.8 Å². The van der Waals surface area contributed by atoms with Gasteiger partial charge in [0, 0.05) is 32.1 Å². The molecule has 3 aliphatic heterocycles. The number of piperazine rings is 1. The van der Waals surface area contributed by atoms with Crippen LogP contribution in [0.1, 0.15) is 45.6 Å². The molecule has 0 spiro atoms. The Bertz CT molecular complexity index is 1350. The molecule has 3 heterocycles. The Balaban J connectivity index is 1.56. The standard InChI is InChI=1S/C31H43F2N3O7S/c1-21-8-10-25(37)18-28(38)43-29(22(2)9-11-27(21)42-30(39)35-14-12-34(4)13-15-35)23(3)16-24-6-5-7-26(17-24)44(40,41)36-19-31(32,33)20-36/h5-7,9,11,16-17,21-22,25,27,29,37H,8,10,12-15,18-20H2,1-4H3/b11-9+,23-16+/t21-,22-,25+,27+,29-/m0/s1. The fourth-order valence-corrected chi connectivity index (χ4v) is 7.08. The Hall–Kier alpha value is -2.87. The van der Waals surface area contributed by atoms with E-state index < -0.39 is 59.4 Å². The van der Waals surface area contributed by atoms with Crippen molar-refractivity contribution in [3.63, 3.8) is 0 Å². The number of hydrogen-bond acceptors (Lipinski definition) is 8. The number of likely N-dealkylation sites (N-methyl/N-ethyl adjacent to an activating group) is 1. The lowest BCUT2D eigenvalue weighted by Crippen LogP contribution is -2.58. The van der Waals surface area contributed by atoms with E-state index in [9.17, 15) is 31.9 Å². The highest BCUT2D eigenvalue weighted by Crippen LogP contribution is 2.33. The molecule has 244 valence electrons. The molecule has 10 nitrogen and oxygen atoms in total. The quantitative estimate of drug-likeness (QED) is 0.383. The summed E-state index contributed by atoms with van der Waals surface area (Å²) >= 11 is 0. The minimum Gasteiger partial charge on any atom is -0.457 e. The summed E-state index contributed by atoms with van der Waals surface area (Å²) in [4.78, 5) is 29.5. The summed E-state index contributed by atoms with van der Waals surface area (Å²) in [6.07, 6.45) is 3.33. The van der Waals surface area contributed by atoms with Crippen LogP contribution in [-0.4, -0.2) is 110 Å². The molecule has 2 fully saturated rings. The van der Waals surface area contributed by atoms with E-state index >= 15 is 0 Å². The predicted octanol–water partition coefficient (Wildman–Crippen LogP) is 3.77. The molecule has 1 N–H and O–H groups in total. The maximum Gasteiger partial charge on any atom is 0.410 e. The van der Waals surface area contributed by atoms with Gasteiger partial charge in [0.25, 0.3) is 5.92 Å². The molecule has 0 aliphatic carbocycles. The van der Waals surface area contributed by atoms with Crippen molar-refractivity contribution >= 4 is 28.2 Å². The van der Waals surface area contributed by atoms with Gasteiger partial charge >= 0.3 is 12.1 Å². The van der Waals surface area contributed by atoms with Gasteiger partial charge in [-0.05, 0) is 62.1 Å². The normalized spacial score (nSPS) is 30.3. The summed E-state index contributed by atoms with van der Waals surface area (Å²) in [7, 11) is -2.09. The van der Waals surface area contributed by atoms with E-state index in [1.165, 1.54) is 18.2 Å². The molecule has 1 aromatic rings. The number of hydrogen-bond donors (Lipinski definition) is 1. The molecule has 2 saturated heterocycles. The van der Waals surface area contributed by atoms with E-state index in [0.717, 1.165) is 17.4 Å². The fraction of sp³-hybridized carbons (Fsp3) is 0.613. The Morgan fingerprint density at radius 2 is 1.80 bits per heavy atom. The number of carbonyl (C=O) groups excluding carboxylic acids is 2. The first-order valence-corrected chi connectivity index (χ1v) is 16.4. The zero-order valence-electron chi connectivity index (χ0n) is 25.7. The van der Waals surface area contributed by atoms with Crippen molar-refractivity contribution in [1.29, 1.82) is 0 Å². The average Bonchev–Trinajstić information content (AvgIpc) is 2.95. The van der Waals surface area contributed by atoms with Crippen molar-refractivity contribution in [2.75, 3.05) is 46.3 Å².